The van der Waals surface area contributed by atoms with Gasteiger partial charge in [-0.15, -0.1) is 0 Å². The van der Waals surface area contributed by atoms with Gasteiger partial charge >= 0.3 is 5.97 Å². The van der Waals surface area contributed by atoms with Crippen molar-refractivity contribution < 1.29 is 14.7 Å². The molecule has 1 aliphatic heterocycles. The predicted molar refractivity (Wildman–Crippen MR) is 80.9 cm³/mol. The van der Waals surface area contributed by atoms with Gasteiger partial charge in [0.25, 0.3) is 5.91 Å². The molecule has 2 N–H and O–H groups in total. The molecule has 1 fully saturated rings. The van der Waals surface area contributed by atoms with Crippen molar-refractivity contribution in [3.8, 4) is 0 Å². The van der Waals surface area contributed by atoms with Gasteiger partial charge in [-0.3, -0.25) is 14.4 Å². The van der Waals surface area contributed by atoms with Gasteiger partial charge in [0.15, 0.2) is 0 Å². The van der Waals surface area contributed by atoms with E-state index in [2.05, 4.69) is 4.98 Å². The molecule has 3 rings (SSSR count). The lowest BCUT2D eigenvalue weighted by Crippen LogP contribution is -2.37. The Hall–Kier alpha value is -2.63. The number of aliphatic carboxylic acids is 1. The molecule has 1 aromatic carbocycles. The summed E-state index contributed by atoms with van der Waals surface area (Å²) in [6.07, 6.45) is 1.40. The second kappa shape index (κ2) is 5.63. The molecule has 0 saturated carbocycles. The minimum atomic E-state index is -0.916. The number of nitrogens with zero attached hydrogens (tertiary/aromatic N) is 1. The highest BCUT2D eigenvalue weighted by Gasteiger charge is 2.31. The molecule has 1 aromatic heterocycles. The number of nitrogens with one attached hydrogen (secondary N) is 1. The smallest absolute Gasteiger partial charge is 0.305 e. The lowest BCUT2D eigenvalue weighted by atomic mass is 10.1. The van der Waals surface area contributed by atoms with E-state index in [1.807, 2.05) is 0 Å². The van der Waals surface area contributed by atoms with E-state index in [-0.39, 0.29) is 23.9 Å². The predicted octanol–water partition coefficient (Wildman–Crippen LogP) is 1.61. The van der Waals surface area contributed by atoms with Crippen LogP contribution in [0.4, 0.5) is 0 Å². The molecule has 6 nitrogen and oxygen atoms in total. The van der Waals surface area contributed by atoms with E-state index in [1.54, 1.807) is 29.2 Å². The average Bonchev–Trinajstić information content (AvgIpc) is 2.92. The molecule has 0 bridgehead atoms. The van der Waals surface area contributed by atoms with Crippen LogP contribution in [0.25, 0.3) is 10.9 Å². The van der Waals surface area contributed by atoms with E-state index in [4.69, 9.17) is 5.11 Å². The molecule has 2 heterocycles. The number of rotatable bonds is 3. The third-order valence-electron chi connectivity index (χ3n) is 4.03. The third kappa shape index (κ3) is 2.59. The van der Waals surface area contributed by atoms with Crippen molar-refractivity contribution in [2.24, 2.45) is 0 Å². The van der Waals surface area contributed by atoms with Crippen LogP contribution in [0.1, 0.15) is 29.6 Å². The SMILES string of the molecule is O=C(O)CC1CCCN1C(=O)c1cc(=O)[nH]c2ccccc12. The van der Waals surface area contributed by atoms with Crippen molar-refractivity contribution in [1.82, 2.24) is 9.88 Å². The third-order valence-corrected chi connectivity index (χ3v) is 4.03. The number of carboxylic acids is 1. The van der Waals surface area contributed by atoms with Gasteiger partial charge in [0.1, 0.15) is 0 Å². The maximum atomic E-state index is 12.8. The van der Waals surface area contributed by atoms with Crippen LogP contribution in [0.5, 0.6) is 0 Å². The topological polar surface area (TPSA) is 90.5 Å². The number of hydrogen-bond acceptors (Lipinski definition) is 3. The molecular weight excluding hydrogens is 284 g/mol. The fourth-order valence-corrected chi connectivity index (χ4v) is 3.05. The molecule has 1 aliphatic rings. The van der Waals surface area contributed by atoms with E-state index in [0.29, 0.717) is 29.4 Å². The van der Waals surface area contributed by atoms with Gasteiger partial charge in [0.2, 0.25) is 5.56 Å². The summed E-state index contributed by atoms with van der Waals surface area (Å²) in [5, 5.41) is 9.64. The molecule has 114 valence electrons. The first-order valence-corrected chi connectivity index (χ1v) is 7.21. The highest BCUT2D eigenvalue weighted by Crippen LogP contribution is 2.24. The number of aromatic nitrogens is 1. The number of aromatic amines is 1. The number of amides is 1. The van der Waals surface area contributed by atoms with E-state index in [1.165, 1.54) is 6.07 Å². The van der Waals surface area contributed by atoms with Crippen molar-refractivity contribution >= 4 is 22.8 Å². The monoisotopic (exact) mass is 300 g/mol. The summed E-state index contributed by atoms with van der Waals surface area (Å²) in [7, 11) is 0. The largest absolute Gasteiger partial charge is 0.481 e. The van der Waals surface area contributed by atoms with Crippen LogP contribution < -0.4 is 5.56 Å². The van der Waals surface area contributed by atoms with E-state index in [9.17, 15) is 14.4 Å². The Labute approximate surface area is 126 Å². The highest BCUT2D eigenvalue weighted by atomic mass is 16.4. The quantitative estimate of drug-likeness (QED) is 0.901. The Bertz CT molecular complexity index is 796. The molecule has 22 heavy (non-hydrogen) atoms. The summed E-state index contributed by atoms with van der Waals surface area (Å²) in [4.78, 5) is 39.8. The maximum absolute atomic E-state index is 12.8. The minimum absolute atomic E-state index is 0.0626. The normalized spacial score (nSPS) is 17.8. The highest BCUT2D eigenvalue weighted by molar-refractivity contribution is 6.06. The van der Waals surface area contributed by atoms with Gasteiger partial charge in [-0.25, -0.2) is 0 Å². The zero-order valence-electron chi connectivity index (χ0n) is 11.9. The lowest BCUT2D eigenvalue weighted by molar-refractivity contribution is -0.137. The number of likely N-dealkylation sites (tertiary alicyclic amines) is 1. The molecule has 1 atom stereocenters. The van der Waals surface area contributed by atoms with Gasteiger partial charge < -0.3 is 15.0 Å². The lowest BCUT2D eigenvalue weighted by Gasteiger charge is -2.24. The zero-order valence-corrected chi connectivity index (χ0v) is 11.9. The zero-order chi connectivity index (χ0) is 15.7. The summed E-state index contributed by atoms with van der Waals surface area (Å²) < 4.78 is 0. The molecule has 1 saturated heterocycles. The number of para-hydroxylation sites is 1. The van der Waals surface area contributed by atoms with Crippen LogP contribution in [0.2, 0.25) is 0 Å². The van der Waals surface area contributed by atoms with Crippen LogP contribution in [0.15, 0.2) is 35.1 Å². The van der Waals surface area contributed by atoms with Crippen molar-refractivity contribution in [3.05, 3.63) is 46.2 Å². The number of carbonyl (C=O) groups is 2. The van der Waals surface area contributed by atoms with Crippen molar-refractivity contribution in [2.45, 2.75) is 25.3 Å². The van der Waals surface area contributed by atoms with Crippen LogP contribution in [-0.4, -0.2) is 39.5 Å². The van der Waals surface area contributed by atoms with Gasteiger partial charge in [-0.05, 0) is 18.9 Å². The summed E-state index contributed by atoms with van der Waals surface area (Å²) in [5.74, 6) is -1.19. The van der Waals surface area contributed by atoms with Crippen LogP contribution in [-0.2, 0) is 4.79 Å². The molecule has 0 radical (unpaired) electrons. The van der Waals surface area contributed by atoms with E-state index in [0.717, 1.165) is 6.42 Å². The van der Waals surface area contributed by atoms with E-state index >= 15 is 0 Å². The number of pyridine rings is 1. The number of hydrogen-bond donors (Lipinski definition) is 2. The average molecular weight is 300 g/mol. The minimum Gasteiger partial charge on any atom is -0.481 e. The summed E-state index contributed by atoms with van der Waals surface area (Å²) in [6.45, 7) is 0.526. The summed E-state index contributed by atoms with van der Waals surface area (Å²) in [5.41, 5.74) is 0.597. The molecular formula is C16H16N2O4. The molecule has 1 unspecified atom stereocenters. The molecule has 1 amide bonds. The van der Waals surface area contributed by atoms with E-state index < -0.39 is 5.97 Å². The molecule has 6 heteroatoms. The van der Waals surface area contributed by atoms with Crippen LogP contribution in [0, 0.1) is 0 Å². The molecule has 0 aliphatic carbocycles. The standard InChI is InChI=1S/C16H16N2O4/c19-14-9-12(11-5-1-2-6-13(11)17-14)16(22)18-7-3-4-10(18)8-15(20)21/h1-2,5-6,9-10H,3-4,7-8H2,(H,17,19)(H,20,21). The Kier molecular flexibility index (Phi) is 3.66. The van der Waals surface area contributed by atoms with Gasteiger partial charge in [-0.1, -0.05) is 18.2 Å². The van der Waals surface area contributed by atoms with Crippen LogP contribution in [0.3, 0.4) is 0 Å². The van der Waals surface area contributed by atoms with Gasteiger partial charge in [0, 0.05) is 29.6 Å². The van der Waals surface area contributed by atoms with Crippen molar-refractivity contribution in [2.75, 3.05) is 6.54 Å². The van der Waals surface area contributed by atoms with Gasteiger partial charge in [-0.2, -0.15) is 0 Å². The number of carbonyl (C=O) groups excluding carboxylic acids is 1. The fraction of sp³-hybridized carbons (Fsp3) is 0.312. The first-order chi connectivity index (χ1) is 10.6. The Morgan fingerprint density at radius 3 is 2.86 bits per heavy atom. The number of fused-ring (bicyclic) bond motifs is 1. The summed E-state index contributed by atoms with van der Waals surface area (Å²) in [6, 6.07) is 8.10. The first-order valence-electron chi connectivity index (χ1n) is 7.21. The Morgan fingerprint density at radius 2 is 2.09 bits per heavy atom. The van der Waals surface area contributed by atoms with Crippen molar-refractivity contribution in [3.63, 3.8) is 0 Å². The Balaban J connectivity index is 2.02. The number of H-pyrrole nitrogens is 1. The maximum Gasteiger partial charge on any atom is 0.305 e. The summed E-state index contributed by atoms with van der Waals surface area (Å²) >= 11 is 0. The number of benzene rings is 1. The second-order valence-electron chi connectivity index (χ2n) is 5.49. The fourth-order valence-electron chi connectivity index (χ4n) is 3.05. The van der Waals surface area contributed by atoms with Crippen molar-refractivity contribution in [1.29, 1.82) is 0 Å². The molecule has 2 aromatic rings. The first kappa shape index (κ1) is 14.3. The van der Waals surface area contributed by atoms with Crippen LogP contribution >= 0.6 is 0 Å². The Morgan fingerprint density at radius 1 is 1.32 bits per heavy atom. The molecule has 0 spiro atoms. The number of carboxylic acid groups (broad SMARTS) is 1. The van der Waals surface area contributed by atoms with Gasteiger partial charge in [0.05, 0.1) is 12.0 Å². The second-order valence-corrected chi connectivity index (χ2v) is 5.49.